The first-order valence-electron chi connectivity index (χ1n) is 7.70. The van der Waals surface area contributed by atoms with E-state index in [4.69, 9.17) is 5.73 Å². The molecule has 1 atom stereocenters. The van der Waals surface area contributed by atoms with E-state index in [9.17, 15) is 13.2 Å². The lowest BCUT2D eigenvalue weighted by molar-refractivity contribution is -0.131. The van der Waals surface area contributed by atoms with E-state index < -0.39 is 16.1 Å². The summed E-state index contributed by atoms with van der Waals surface area (Å²) < 4.78 is 26.8. The molecule has 3 N–H and O–H groups in total. The van der Waals surface area contributed by atoms with Crippen molar-refractivity contribution in [3.8, 4) is 0 Å². The number of nitrogens with one attached hydrogen (secondary N) is 1. The Hall–Kier alpha value is -1.15. The number of carbonyl (C=O) groups is 1. The molecule has 1 amide bonds. The topological polar surface area (TPSA) is 92.5 Å². The van der Waals surface area contributed by atoms with Crippen molar-refractivity contribution in [2.45, 2.75) is 38.1 Å². The number of amides is 1. The summed E-state index contributed by atoms with van der Waals surface area (Å²) >= 11 is 0. The lowest BCUT2D eigenvalue weighted by Crippen LogP contribution is -2.45. The number of benzene rings is 1. The highest BCUT2D eigenvalue weighted by molar-refractivity contribution is 7.89. The van der Waals surface area contributed by atoms with Gasteiger partial charge in [-0.25, -0.2) is 13.1 Å². The van der Waals surface area contributed by atoms with Crippen molar-refractivity contribution < 1.29 is 13.2 Å². The summed E-state index contributed by atoms with van der Waals surface area (Å²) in [6, 6.07) is 6.06. The van der Waals surface area contributed by atoms with Crippen LogP contribution in [0.15, 0.2) is 29.2 Å². The van der Waals surface area contributed by atoms with Crippen LogP contribution < -0.4 is 10.5 Å². The molecule has 0 aliphatic carbocycles. The molecule has 8 heteroatoms. The van der Waals surface area contributed by atoms with Gasteiger partial charge in [-0.05, 0) is 31.4 Å². The van der Waals surface area contributed by atoms with E-state index in [1.165, 1.54) is 4.90 Å². The van der Waals surface area contributed by atoms with Crippen LogP contribution in [-0.4, -0.2) is 45.4 Å². The zero-order chi connectivity index (χ0) is 17.6. The smallest absolute Gasteiger partial charge is 0.240 e. The number of sulfonamides is 1. The van der Waals surface area contributed by atoms with Crippen LogP contribution in [0.2, 0.25) is 0 Å². The predicted molar refractivity (Wildman–Crippen MR) is 98.7 cm³/mol. The first kappa shape index (κ1) is 22.9. The molecule has 0 radical (unpaired) electrons. The van der Waals surface area contributed by atoms with Gasteiger partial charge < -0.3 is 10.6 Å². The van der Waals surface area contributed by atoms with Crippen LogP contribution in [0.1, 0.15) is 25.8 Å². The van der Waals surface area contributed by atoms with Crippen molar-refractivity contribution in [1.82, 2.24) is 9.62 Å². The Morgan fingerprint density at radius 3 is 2.29 bits per heavy atom. The molecule has 24 heavy (non-hydrogen) atoms. The number of nitrogens with zero attached hydrogens (tertiary/aromatic N) is 1. The average Bonchev–Trinajstić information content (AvgIpc) is 2.45. The minimum Gasteiger partial charge on any atom is -0.343 e. The Bertz CT molecular complexity index is 618. The van der Waals surface area contributed by atoms with Crippen molar-refractivity contribution in [3.05, 3.63) is 29.8 Å². The third kappa shape index (κ3) is 7.17. The van der Waals surface area contributed by atoms with Crippen molar-refractivity contribution in [3.63, 3.8) is 0 Å². The van der Waals surface area contributed by atoms with Crippen LogP contribution in [0.3, 0.4) is 0 Å². The maximum Gasteiger partial charge on any atom is 0.240 e. The summed E-state index contributed by atoms with van der Waals surface area (Å²) in [4.78, 5) is 13.7. The zero-order valence-corrected chi connectivity index (χ0v) is 16.3. The molecule has 0 heterocycles. The van der Waals surface area contributed by atoms with E-state index in [-0.39, 0.29) is 36.3 Å². The summed E-state index contributed by atoms with van der Waals surface area (Å²) in [5.41, 5.74) is 6.85. The van der Waals surface area contributed by atoms with Gasteiger partial charge in [0.25, 0.3) is 0 Å². The highest BCUT2D eigenvalue weighted by Crippen LogP contribution is 2.09. The fourth-order valence-electron chi connectivity index (χ4n) is 2.15. The maximum absolute atomic E-state index is 12.1. The van der Waals surface area contributed by atoms with Gasteiger partial charge in [-0.2, -0.15) is 0 Å². The second-order valence-electron chi connectivity index (χ2n) is 6.21. The molecular weight excluding hydrogens is 350 g/mol. The lowest BCUT2D eigenvalue weighted by atomic mass is 10.0. The van der Waals surface area contributed by atoms with Gasteiger partial charge in [0.1, 0.15) is 0 Å². The van der Waals surface area contributed by atoms with Gasteiger partial charge in [-0.1, -0.05) is 31.5 Å². The summed E-state index contributed by atoms with van der Waals surface area (Å²) in [6.07, 6.45) is 0.609. The van der Waals surface area contributed by atoms with E-state index >= 15 is 0 Å². The summed E-state index contributed by atoms with van der Waals surface area (Å²) in [7, 11) is -1.93. The number of hydrogen-bond donors (Lipinski definition) is 2. The van der Waals surface area contributed by atoms with Crippen molar-refractivity contribution in [2.75, 3.05) is 20.1 Å². The second kappa shape index (κ2) is 9.98. The highest BCUT2D eigenvalue weighted by Gasteiger charge is 2.19. The van der Waals surface area contributed by atoms with E-state index in [1.807, 2.05) is 20.8 Å². The number of hydrogen-bond acceptors (Lipinski definition) is 4. The molecule has 0 saturated carbocycles. The van der Waals surface area contributed by atoms with Crippen LogP contribution in [-0.2, 0) is 14.8 Å². The molecule has 0 fully saturated rings. The summed E-state index contributed by atoms with van der Waals surface area (Å²) in [5, 5.41) is 0. The quantitative estimate of drug-likeness (QED) is 0.718. The van der Waals surface area contributed by atoms with E-state index in [0.29, 0.717) is 12.3 Å². The van der Waals surface area contributed by atoms with Crippen LogP contribution in [0.5, 0.6) is 0 Å². The minimum atomic E-state index is -3.56. The third-order valence-corrected chi connectivity index (χ3v) is 4.97. The van der Waals surface area contributed by atoms with Gasteiger partial charge in [0.05, 0.1) is 10.9 Å². The Morgan fingerprint density at radius 1 is 1.25 bits per heavy atom. The first-order valence-corrected chi connectivity index (χ1v) is 9.18. The summed E-state index contributed by atoms with van der Waals surface area (Å²) in [5.74, 6) is 0.163. The van der Waals surface area contributed by atoms with Crippen LogP contribution in [0, 0.1) is 12.8 Å². The monoisotopic (exact) mass is 377 g/mol. The number of nitrogens with two attached hydrogens (primary N) is 1. The molecule has 0 saturated heterocycles. The van der Waals surface area contributed by atoms with Gasteiger partial charge in [0, 0.05) is 20.1 Å². The zero-order valence-electron chi connectivity index (χ0n) is 14.7. The first-order chi connectivity index (χ1) is 10.6. The Kier molecular flexibility index (Phi) is 9.50. The molecule has 138 valence electrons. The maximum atomic E-state index is 12.1. The SMILES string of the molecule is Cc1ccc(S(=O)(=O)NCCN(C)C(=O)[C@@H](N)CC(C)C)cc1.Cl. The number of halogens is 1. The Balaban J connectivity index is 0.00000529. The fourth-order valence-corrected chi connectivity index (χ4v) is 3.17. The average molecular weight is 378 g/mol. The van der Waals surface area contributed by atoms with Crippen molar-refractivity contribution in [2.24, 2.45) is 11.7 Å². The standard InChI is InChI=1S/C16H27N3O3S.ClH/c1-12(2)11-15(17)16(20)19(4)10-9-18-23(21,22)14-7-5-13(3)6-8-14;/h5-8,12,15,18H,9-11,17H2,1-4H3;1H/t15-;/m0./s1. The molecule has 1 aromatic carbocycles. The van der Waals surface area contributed by atoms with Gasteiger partial charge >= 0.3 is 0 Å². The van der Waals surface area contributed by atoms with Gasteiger partial charge in [0.2, 0.25) is 15.9 Å². The lowest BCUT2D eigenvalue weighted by Gasteiger charge is -2.22. The molecule has 0 spiro atoms. The highest BCUT2D eigenvalue weighted by atomic mass is 35.5. The largest absolute Gasteiger partial charge is 0.343 e. The van der Waals surface area contributed by atoms with E-state index in [0.717, 1.165) is 5.56 Å². The number of carbonyl (C=O) groups excluding carboxylic acids is 1. The van der Waals surface area contributed by atoms with Gasteiger partial charge in [-0.15, -0.1) is 12.4 Å². The molecule has 0 bridgehead atoms. The molecular formula is C16H28ClN3O3S. The molecule has 0 aliphatic rings. The Labute approximate surface area is 151 Å². The third-order valence-electron chi connectivity index (χ3n) is 3.49. The van der Waals surface area contributed by atoms with Crippen LogP contribution >= 0.6 is 12.4 Å². The van der Waals surface area contributed by atoms with Crippen molar-refractivity contribution >= 4 is 28.3 Å². The number of rotatable bonds is 8. The van der Waals surface area contributed by atoms with Gasteiger partial charge in [0.15, 0.2) is 0 Å². The van der Waals surface area contributed by atoms with Crippen molar-refractivity contribution in [1.29, 1.82) is 0 Å². The van der Waals surface area contributed by atoms with E-state index in [2.05, 4.69) is 4.72 Å². The number of likely N-dealkylation sites (N-methyl/N-ethyl adjacent to an activating group) is 1. The fraction of sp³-hybridized carbons (Fsp3) is 0.562. The normalized spacial score (nSPS) is 12.6. The number of aryl methyl sites for hydroxylation is 1. The van der Waals surface area contributed by atoms with Crippen LogP contribution in [0.25, 0.3) is 0 Å². The second-order valence-corrected chi connectivity index (χ2v) is 7.97. The molecule has 1 rings (SSSR count). The van der Waals surface area contributed by atoms with Crippen LogP contribution in [0.4, 0.5) is 0 Å². The molecule has 0 aliphatic heterocycles. The molecule has 6 nitrogen and oxygen atoms in total. The van der Waals surface area contributed by atoms with Gasteiger partial charge in [-0.3, -0.25) is 4.79 Å². The van der Waals surface area contributed by atoms with E-state index in [1.54, 1.807) is 31.3 Å². The molecule has 1 aromatic rings. The Morgan fingerprint density at radius 2 is 1.79 bits per heavy atom. The minimum absolute atomic E-state index is 0. The summed E-state index contributed by atoms with van der Waals surface area (Å²) in [6.45, 7) is 6.32. The molecule has 0 unspecified atom stereocenters. The molecule has 0 aromatic heterocycles. The predicted octanol–water partition coefficient (Wildman–Crippen LogP) is 1.53.